The summed E-state index contributed by atoms with van der Waals surface area (Å²) < 4.78 is 4.94. The number of nitrogens with one attached hydrogen (secondary N) is 1. The summed E-state index contributed by atoms with van der Waals surface area (Å²) in [5.41, 5.74) is 5.82. The van der Waals surface area contributed by atoms with E-state index in [9.17, 15) is 4.79 Å². The van der Waals surface area contributed by atoms with Gasteiger partial charge < -0.3 is 20.7 Å². The van der Waals surface area contributed by atoms with Crippen LogP contribution in [0.2, 0.25) is 0 Å². The summed E-state index contributed by atoms with van der Waals surface area (Å²) in [4.78, 5) is 14.2. The van der Waals surface area contributed by atoms with E-state index in [0.717, 1.165) is 32.6 Å². The lowest BCUT2D eigenvalue weighted by Crippen LogP contribution is -2.42. The monoisotopic (exact) mass is 257 g/mol. The third-order valence-corrected chi connectivity index (χ3v) is 3.58. The Morgan fingerprint density at radius 3 is 3.00 bits per heavy atom. The zero-order valence-electron chi connectivity index (χ0n) is 11.7. The summed E-state index contributed by atoms with van der Waals surface area (Å²) in [6, 6.07) is -0.399. The Morgan fingerprint density at radius 1 is 1.61 bits per heavy atom. The third-order valence-electron chi connectivity index (χ3n) is 3.58. The molecule has 1 aliphatic heterocycles. The quantitative estimate of drug-likeness (QED) is 0.610. The lowest BCUT2D eigenvalue weighted by atomic mass is 10.1. The van der Waals surface area contributed by atoms with Crippen LogP contribution in [0.25, 0.3) is 0 Å². The summed E-state index contributed by atoms with van der Waals surface area (Å²) in [5, 5.41) is 2.96. The minimum absolute atomic E-state index is 0.0268. The van der Waals surface area contributed by atoms with Crippen LogP contribution in [0.5, 0.6) is 0 Å². The van der Waals surface area contributed by atoms with E-state index in [4.69, 9.17) is 10.5 Å². The first kappa shape index (κ1) is 15.4. The number of carbonyl (C=O) groups excluding carboxylic acids is 1. The number of rotatable bonds is 8. The fourth-order valence-corrected chi connectivity index (χ4v) is 2.32. The standard InChI is InChI=1S/C13H27N3O2/c1-3-16-7-6-11(10-16)9-15-13(17)12(14)5-4-8-18-2/h11-12H,3-10,14H2,1-2H3,(H,15,17). The summed E-state index contributed by atoms with van der Waals surface area (Å²) in [6.45, 7) is 6.93. The molecule has 2 atom stereocenters. The highest BCUT2D eigenvalue weighted by atomic mass is 16.5. The molecule has 1 amide bonds. The summed E-state index contributed by atoms with van der Waals surface area (Å²) in [7, 11) is 1.66. The summed E-state index contributed by atoms with van der Waals surface area (Å²) in [6.07, 6.45) is 2.69. The molecule has 0 bridgehead atoms. The Kier molecular flexibility index (Phi) is 7.23. The van der Waals surface area contributed by atoms with Gasteiger partial charge in [-0.2, -0.15) is 0 Å². The first-order valence-electron chi connectivity index (χ1n) is 6.92. The maximum atomic E-state index is 11.8. The molecule has 106 valence electrons. The van der Waals surface area contributed by atoms with Gasteiger partial charge in [-0.05, 0) is 38.3 Å². The van der Waals surface area contributed by atoms with Gasteiger partial charge in [0.15, 0.2) is 0 Å². The minimum atomic E-state index is -0.399. The molecule has 3 N–H and O–H groups in total. The predicted octanol–water partition coefficient (Wildman–Crippen LogP) is 0.198. The van der Waals surface area contributed by atoms with Crippen molar-refractivity contribution in [3.63, 3.8) is 0 Å². The molecule has 1 saturated heterocycles. The average molecular weight is 257 g/mol. The SMILES string of the molecule is CCN1CCC(CNC(=O)C(N)CCCOC)C1. The molecule has 0 saturated carbocycles. The van der Waals surface area contributed by atoms with Gasteiger partial charge >= 0.3 is 0 Å². The number of hydrogen-bond acceptors (Lipinski definition) is 4. The van der Waals surface area contributed by atoms with Gasteiger partial charge in [-0.25, -0.2) is 0 Å². The number of amides is 1. The second-order valence-corrected chi connectivity index (χ2v) is 5.03. The van der Waals surface area contributed by atoms with Gasteiger partial charge in [0.25, 0.3) is 0 Å². The van der Waals surface area contributed by atoms with Crippen LogP contribution in [0, 0.1) is 5.92 Å². The van der Waals surface area contributed by atoms with Gasteiger partial charge in [0.2, 0.25) is 5.91 Å². The lowest BCUT2D eigenvalue weighted by Gasteiger charge is -2.16. The Balaban J connectivity index is 2.12. The second kappa shape index (κ2) is 8.45. The van der Waals surface area contributed by atoms with Gasteiger partial charge in [-0.3, -0.25) is 4.79 Å². The van der Waals surface area contributed by atoms with Crippen molar-refractivity contribution in [2.45, 2.75) is 32.2 Å². The van der Waals surface area contributed by atoms with Crippen molar-refractivity contribution in [1.29, 1.82) is 0 Å². The van der Waals surface area contributed by atoms with E-state index in [2.05, 4.69) is 17.1 Å². The highest BCUT2D eigenvalue weighted by molar-refractivity contribution is 5.81. The van der Waals surface area contributed by atoms with Crippen LogP contribution in [-0.4, -0.2) is 56.7 Å². The molecular formula is C13H27N3O2. The number of likely N-dealkylation sites (tertiary alicyclic amines) is 1. The van der Waals surface area contributed by atoms with E-state index >= 15 is 0 Å². The topological polar surface area (TPSA) is 67.6 Å². The second-order valence-electron chi connectivity index (χ2n) is 5.03. The van der Waals surface area contributed by atoms with Crippen LogP contribution in [0.1, 0.15) is 26.2 Å². The van der Waals surface area contributed by atoms with Gasteiger partial charge in [-0.1, -0.05) is 6.92 Å². The van der Waals surface area contributed by atoms with E-state index < -0.39 is 6.04 Å². The van der Waals surface area contributed by atoms with Crippen molar-refractivity contribution in [3.8, 4) is 0 Å². The lowest BCUT2D eigenvalue weighted by molar-refractivity contribution is -0.122. The van der Waals surface area contributed by atoms with Crippen molar-refractivity contribution in [1.82, 2.24) is 10.2 Å². The number of methoxy groups -OCH3 is 1. The van der Waals surface area contributed by atoms with Crippen molar-refractivity contribution in [2.24, 2.45) is 11.7 Å². The molecule has 5 heteroatoms. The van der Waals surface area contributed by atoms with Crippen LogP contribution in [-0.2, 0) is 9.53 Å². The van der Waals surface area contributed by atoms with Gasteiger partial charge in [0, 0.05) is 26.8 Å². The Morgan fingerprint density at radius 2 is 2.39 bits per heavy atom. The highest BCUT2D eigenvalue weighted by Crippen LogP contribution is 2.14. The van der Waals surface area contributed by atoms with Crippen LogP contribution in [0.4, 0.5) is 0 Å². The Hall–Kier alpha value is -0.650. The molecule has 2 unspecified atom stereocenters. The maximum Gasteiger partial charge on any atom is 0.236 e. The molecule has 0 aliphatic carbocycles. The van der Waals surface area contributed by atoms with E-state index in [0.29, 0.717) is 18.9 Å². The molecule has 0 aromatic rings. The zero-order valence-corrected chi connectivity index (χ0v) is 11.7. The third kappa shape index (κ3) is 5.33. The summed E-state index contributed by atoms with van der Waals surface area (Å²) >= 11 is 0. The van der Waals surface area contributed by atoms with Gasteiger partial charge in [-0.15, -0.1) is 0 Å². The first-order chi connectivity index (χ1) is 8.67. The molecule has 0 aromatic carbocycles. The van der Waals surface area contributed by atoms with Crippen LogP contribution in [0.15, 0.2) is 0 Å². The van der Waals surface area contributed by atoms with E-state index in [1.807, 2.05) is 0 Å². The zero-order chi connectivity index (χ0) is 13.4. The molecule has 0 aromatic heterocycles. The van der Waals surface area contributed by atoms with Crippen molar-refractivity contribution < 1.29 is 9.53 Å². The molecular weight excluding hydrogens is 230 g/mol. The molecule has 1 rings (SSSR count). The van der Waals surface area contributed by atoms with Gasteiger partial charge in [0.05, 0.1) is 6.04 Å². The maximum absolute atomic E-state index is 11.8. The number of ether oxygens (including phenoxy) is 1. The number of hydrogen-bond donors (Lipinski definition) is 2. The molecule has 0 spiro atoms. The van der Waals surface area contributed by atoms with E-state index in [1.54, 1.807) is 7.11 Å². The molecule has 18 heavy (non-hydrogen) atoms. The smallest absolute Gasteiger partial charge is 0.236 e. The Bertz CT molecular complexity index is 248. The van der Waals surface area contributed by atoms with Crippen LogP contribution in [0.3, 0.4) is 0 Å². The molecule has 0 radical (unpaired) electrons. The minimum Gasteiger partial charge on any atom is -0.385 e. The van der Waals surface area contributed by atoms with Crippen LogP contribution < -0.4 is 11.1 Å². The predicted molar refractivity (Wildman–Crippen MR) is 72.3 cm³/mol. The van der Waals surface area contributed by atoms with Crippen LogP contribution >= 0.6 is 0 Å². The van der Waals surface area contributed by atoms with Crippen molar-refractivity contribution in [2.75, 3.05) is 39.9 Å². The normalized spacial score (nSPS) is 22.1. The molecule has 1 heterocycles. The first-order valence-corrected chi connectivity index (χ1v) is 6.92. The molecule has 1 aliphatic rings. The number of nitrogens with zero attached hydrogens (tertiary/aromatic N) is 1. The highest BCUT2D eigenvalue weighted by Gasteiger charge is 2.22. The largest absolute Gasteiger partial charge is 0.385 e. The molecule has 1 fully saturated rings. The molecule has 5 nitrogen and oxygen atoms in total. The van der Waals surface area contributed by atoms with Gasteiger partial charge in [0.1, 0.15) is 0 Å². The van der Waals surface area contributed by atoms with E-state index in [-0.39, 0.29) is 5.91 Å². The van der Waals surface area contributed by atoms with E-state index in [1.165, 1.54) is 6.42 Å². The number of nitrogens with two attached hydrogens (primary N) is 1. The van der Waals surface area contributed by atoms with Crippen molar-refractivity contribution >= 4 is 5.91 Å². The number of carbonyl (C=O) groups is 1. The fourth-order valence-electron chi connectivity index (χ4n) is 2.32. The Labute approximate surface area is 110 Å². The summed E-state index contributed by atoms with van der Waals surface area (Å²) in [5.74, 6) is 0.557. The average Bonchev–Trinajstić information content (AvgIpc) is 2.84. The van der Waals surface area contributed by atoms with Crippen molar-refractivity contribution in [3.05, 3.63) is 0 Å². The fraction of sp³-hybridized carbons (Fsp3) is 0.923.